The summed E-state index contributed by atoms with van der Waals surface area (Å²) in [5.41, 5.74) is -1.02. The zero-order chi connectivity index (χ0) is 8.11. The number of aliphatic hydroxyl groups is 1. The minimum atomic E-state index is -0.635. The molecule has 2 aliphatic carbocycles. The second kappa shape index (κ2) is 1.86. The van der Waals surface area contributed by atoms with Crippen LogP contribution in [0.5, 0.6) is 0 Å². The SMILES string of the molecule is CC12CCCC1(O)CCC2=O. The first-order valence-electron chi connectivity index (χ1n) is 4.34. The molecule has 0 bridgehead atoms. The first kappa shape index (κ1) is 7.29. The quantitative estimate of drug-likeness (QED) is 0.570. The third-order valence-electron chi connectivity index (χ3n) is 3.68. The Morgan fingerprint density at radius 3 is 2.73 bits per heavy atom. The van der Waals surface area contributed by atoms with Gasteiger partial charge in [0, 0.05) is 6.42 Å². The van der Waals surface area contributed by atoms with Gasteiger partial charge in [0.25, 0.3) is 0 Å². The second-order valence-electron chi connectivity index (χ2n) is 4.14. The molecule has 62 valence electrons. The van der Waals surface area contributed by atoms with E-state index in [0.717, 1.165) is 19.3 Å². The molecule has 2 heteroatoms. The lowest BCUT2D eigenvalue weighted by molar-refractivity contribution is -0.131. The predicted octanol–water partition coefficient (Wildman–Crippen LogP) is 1.27. The first-order valence-corrected chi connectivity index (χ1v) is 4.34. The Bertz CT molecular complexity index is 212. The molecule has 2 aliphatic rings. The van der Waals surface area contributed by atoms with Crippen molar-refractivity contribution in [2.24, 2.45) is 5.41 Å². The lowest BCUT2D eigenvalue weighted by Gasteiger charge is -2.30. The molecule has 2 nitrogen and oxygen atoms in total. The van der Waals surface area contributed by atoms with E-state index in [0.29, 0.717) is 12.8 Å². The van der Waals surface area contributed by atoms with E-state index >= 15 is 0 Å². The molecular formula is C9H14O2. The van der Waals surface area contributed by atoms with Crippen LogP contribution < -0.4 is 0 Å². The normalized spacial score (nSPS) is 49.8. The molecule has 0 aliphatic heterocycles. The van der Waals surface area contributed by atoms with Gasteiger partial charge in [-0.15, -0.1) is 0 Å². The maximum absolute atomic E-state index is 11.4. The van der Waals surface area contributed by atoms with Crippen LogP contribution in [-0.4, -0.2) is 16.5 Å². The summed E-state index contributed by atoms with van der Waals surface area (Å²) < 4.78 is 0. The van der Waals surface area contributed by atoms with Crippen LogP contribution in [0.2, 0.25) is 0 Å². The molecular weight excluding hydrogens is 140 g/mol. The molecule has 0 amide bonds. The van der Waals surface area contributed by atoms with Gasteiger partial charge in [0.2, 0.25) is 0 Å². The van der Waals surface area contributed by atoms with Crippen molar-refractivity contribution in [2.75, 3.05) is 0 Å². The Morgan fingerprint density at radius 1 is 1.36 bits per heavy atom. The zero-order valence-corrected chi connectivity index (χ0v) is 6.89. The molecule has 0 aromatic rings. The number of Topliss-reactive ketones (excluding diaryl/α,β-unsaturated/α-hetero) is 1. The van der Waals surface area contributed by atoms with E-state index in [9.17, 15) is 9.90 Å². The van der Waals surface area contributed by atoms with Crippen LogP contribution in [-0.2, 0) is 4.79 Å². The number of hydrogen-bond donors (Lipinski definition) is 1. The fourth-order valence-corrected chi connectivity index (χ4v) is 2.64. The average molecular weight is 154 g/mol. The van der Waals surface area contributed by atoms with E-state index in [1.165, 1.54) is 0 Å². The number of fused-ring (bicyclic) bond motifs is 1. The van der Waals surface area contributed by atoms with Crippen LogP contribution in [0.25, 0.3) is 0 Å². The molecule has 0 spiro atoms. The maximum atomic E-state index is 11.4. The highest BCUT2D eigenvalue weighted by Crippen LogP contribution is 2.54. The van der Waals surface area contributed by atoms with E-state index < -0.39 is 5.60 Å². The minimum absolute atomic E-state index is 0.275. The third kappa shape index (κ3) is 0.684. The molecule has 0 aromatic carbocycles. The lowest BCUT2D eigenvalue weighted by atomic mass is 9.78. The van der Waals surface area contributed by atoms with Gasteiger partial charge in [0.1, 0.15) is 5.78 Å². The topological polar surface area (TPSA) is 37.3 Å². The van der Waals surface area contributed by atoms with E-state index in [1.807, 2.05) is 6.92 Å². The van der Waals surface area contributed by atoms with E-state index in [4.69, 9.17) is 0 Å². The standard InChI is InChI=1S/C9H14O2/c1-8-4-2-5-9(8,11)6-3-7(8)10/h11H,2-6H2,1H3. The van der Waals surface area contributed by atoms with Gasteiger partial charge < -0.3 is 5.11 Å². The Hall–Kier alpha value is -0.370. The summed E-state index contributed by atoms with van der Waals surface area (Å²) in [5.74, 6) is 0.275. The fraction of sp³-hybridized carbons (Fsp3) is 0.889. The minimum Gasteiger partial charge on any atom is -0.389 e. The number of hydrogen-bond acceptors (Lipinski definition) is 2. The Kier molecular flexibility index (Phi) is 1.23. The summed E-state index contributed by atoms with van der Waals surface area (Å²) in [6.45, 7) is 1.93. The van der Waals surface area contributed by atoms with E-state index in [1.54, 1.807) is 0 Å². The van der Waals surface area contributed by atoms with Crippen LogP contribution in [0.15, 0.2) is 0 Å². The van der Waals surface area contributed by atoms with E-state index in [2.05, 4.69) is 0 Å². The summed E-state index contributed by atoms with van der Waals surface area (Å²) >= 11 is 0. The van der Waals surface area contributed by atoms with E-state index in [-0.39, 0.29) is 11.2 Å². The number of ketones is 1. The van der Waals surface area contributed by atoms with Gasteiger partial charge in [-0.1, -0.05) is 0 Å². The van der Waals surface area contributed by atoms with Gasteiger partial charge in [0.15, 0.2) is 0 Å². The smallest absolute Gasteiger partial charge is 0.141 e. The van der Waals surface area contributed by atoms with Crippen molar-refractivity contribution in [3.63, 3.8) is 0 Å². The van der Waals surface area contributed by atoms with Gasteiger partial charge in [-0.25, -0.2) is 0 Å². The van der Waals surface area contributed by atoms with Gasteiger partial charge in [-0.05, 0) is 32.6 Å². The molecule has 2 unspecified atom stereocenters. The highest BCUT2D eigenvalue weighted by molar-refractivity contribution is 5.88. The number of carbonyl (C=O) groups excluding carboxylic acids is 1. The molecule has 2 atom stereocenters. The first-order chi connectivity index (χ1) is 5.08. The summed E-state index contributed by atoms with van der Waals surface area (Å²) in [7, 11) is 0. The lowest BCUT2D eigenvalue weighted by Crippen LogP contribution is -2.40. The molecule has 0 radical (unpaired) electrons. The van der Waals surface area contributed by atoms with Crippen molar-refractivity contribution in [1.82, 2.24) is 0 Å². The highest BCUT2D eigenvalue weighted by Gasteiger charge is 2.58. The summed E-state index contributed by atoms with van der Waals surface area (Å²) in [6, 6.07) is 0. The van der Waals surface area contributed by atoms with Crippen molar-refractivity contribution >= 4 is 5.78 Å². The van der Waals surface area contributed by atoms with Crippen LogP contribution in [0.1, 0.15) is 39.0 Å². The highest BCUT2D eigenvalue weighted by atomic mass is 16.3. The van der Waals surface area contributed by atoms with Gasteiger partial charge in [-0.3, -0.25) is 4.79 Å². The van der Waals surface area contributed by atoms with Crippen LogP contribution in [0.3, 0.4) is 0 Å². The van der Waals surface area contributed by atoms with Gasteiger partial charge >= 0.3 is 0 Å². The molecule has 1 N–H and O–H groups in total. The summed E-state index contributed by atoms with van der Waals surface area (Å²) in [6.07, 6.45) is 4.02. The molecule has 0 heterocycles. The van der Waals surface area contributed by atoms with Crippen molar-refractivity contribution < 1.29 is 9.90 Å². The van der Waals surface area contributed by atoms with Crippen LogP contribution >= 0.6 is 0 Å². The number of rotatable bonds is 0. The Labute approximate surface area is 66.6 Å². The van der Waals surface area contributed by atoms with Gasteiger partial charge in [-0.2, -0.15) is 0 Å². The van der Waals surface area contributed by atoms with Crippen molar-refractivity contribution in [3.05, 3.63) is 0 Å². The summed E-state index contributed by atoms with van der Waals surface area (Å²) in [5, 5.41) is 10.0. The number of carbonyl (C=O) groups is 1. The Morgan fingerprint density at radius 2 is 2.09 bits per heavy atom. The zero-order valence-electron chi connectivity index (χ0n) is 6.89. The van der Waals surface area contributed by atoms with Crippen LogP contribution in [0.4, 0.5) is 0 Å². The maximum Gasteiger partial charge on any atom is 0.141 e. The Balaban J connectivity index is 2.41. The predicted molar refractivity (Wildman–Crippen MR) is 41.1 cm³/mol. The molecule has 0 saturated heterocycles. The molecule has 11 heavy (non-hydrogen) atoms. The molecule has 2 fully saturated rings. The molecule has 2 rings (SSSR count). The molecule has 2 saturated carbocycles. The van der Waals surface area contributed by atoms with Crippen molar-refractivity contribution in [3.8, 4) is 0 Å². The third-order valence-corrected chi connectivity index (χ3v) is 3.68. The van der Waals surface area contributed by atoms with Crippen LogP contribution in [0, 0.1) is 5.41 Å². The largest absolute Gasteiger partial charge is 0.389 e. The fourth-order valence-electron chi connectivity index (χ4n) is 2.64. The second-order valence-corrected chi connectivity index (χ2v) is 4.14. The van der Waals surface area contributed by atoms with Crippen molar-refractivity contribution in [2.45, 2.75) is 44.6 Å². The summed E-state index contributed by atoms with van der Waals surface area (Å²) in [4.78, 5) is 11.4. The monoisotopic (exact) mass is 154 g/mol. The molecule has 0 aromatic heterocycles. The average Bonchev–Trinajstić information content (AvgIpc) is 2.34. The van der Waals surface area contributed by atoms with Gasteiger partial charge in [0.05, 0.1) is 11.0 Å². The van der Waals surface area contributed by atoms with Crippen molar-refractivity contribution in [1.29, 1.82) is 0 Å².